The van der Waals surface area contributed by atoms with Crippen LogP contribution in [0.3, 0.4) is 0 Å². The first-order valence-electron chi connectivity index (χ1n) is 4.70. The highest BCUT2D eigenvalue weighted by atomic mass is 31.2. The Labute approximate surface area is 96.9 Å². The van der Waals surface area contributed by atoms with Crippen LogP contribution in [0.15, 0.2) is 16.7 Å². The van der Waals surface area contributed by atoms with E-state index < -0.39 is 19.7 Å². The van der Waals surface area contributed by atoms with E-state index in [1.54, 1.807) is 6.92 Å². The zero-order chi connectivity index (χ0) is 12.9. The molecule has 0 aliphatic carbocycles. The highest BCUT2D eigenvalue weighted by molar-refractivity contribution is 7.54. The van der Waals surface area contributed by atoms with Gasteiger partial charge in [-0.2, -0.15) is 0 Å². The zero-order valence-electron chi connectivity index (χ0n) is 8.99. The molecule has 0 aromatic carbocycles. The number of esters is 1. The van der Waals surface area contributed by atoms with Crippen LogP contribution in [-0.2, 0) is 14.1 Å². The lowest BCUT2D eigenvalue weighted by molar-refractivity contribution is -0.106. The second-order valence-corrected chi connectivity index (χ2v) is 4.74. The Hall–Kier alpha value is -1.59. The smallest absolute Gasteiger partial charge is 0.383 e. The molecule has 1 N–H and O–H groups in total. The maximum Gasteiger partial charge on any atom is 0.383 e. The molecule has 1 atom stereocenters. The Morgan fingerprint density at radius 2 is 2.35 bits per heavy atom. The van der Waals surface area contributed by atoms with E-state index in [1.165, 1.54) is 6.07 Å². The van der Waals surface area contributed by atoms with Gasteiger partial charge in [0.2, 0.25) is 0 Å². The summed E-state index contributed by atoms with van der Waals surface area (Å²) in [5.41, 5.74) is 0. The summed E-state index contributed by atoms with van der Waals surface area (Å²) in [4.78, 5) is 30.7. The Morgan fingerprint density at radius 3 is 2.94 bits per heavy atom. The first-order chi connectivity index (χ1) is 8.00. The number of hydrogen-bond acceptors (Lipinski definition) is 6. The average molecular weight is 262 g/mol. The molecule has 1 aromatic heterocycles. The predicted octanol–water partition coefficient (Wildman–Crippen LogP) is 1.22. The number of carbonyl (C=O) groups is 2. The SMILES string of the molecule is CCOC(=O)c1occc1OP(=O)(O)CC=O. The molecule has 0 aliphatic rings. The van der Waals surface area contributed by atoms with Crippen molar-refractivity contribution in [2.75, 3.05) is 12.8 Å². The topological polar surface area (TPSA) is 103 Å². The normalized spacial score (nSPS) is 13.8. The Bertz CT molecular complexity index is 450. The number of aldehydes is 1. The summed E-state index contributed by atoms with van der Waals surface area (Å²) in [5, 5.41) is 0. The van der Waals surface area contributed by atoms with E-state index in [2.05, 4.69) is 9.26 Å². The first-order valence-corrected chi connectivity index (χ1v) is 6.46. The second-order valence-electron chi connectivity index (χ2n) is 2.91. The number of hydrogen-bond donors (Lipinski definition) is 1. The van der Waals surface area contributed by atoms with E-state index in [1.807, 2.05) is 0 Å². The third-order valence-electron chi connectivity index (χ3n) is 1.64. The van der Waals surface area contributed by atoms with Crippen molar-refractivity contribution in [1.82, 2.24) is 0 Å². The Balaban J connectivity index is 2.86. The Morgan fingerprint density at radius 1 is 1.65 bits per heavy atom. The standard InChI is InChI=1S/C9H11O7P/c1-2-14-9(11)8-7(3-5-15-8)16-17(12,13)6-4-10/h3-5H,2,6H2,1H3,(H,12,13). The zero-order valence-corrected chi connectivity index (χ0v) is 9.88. The third-order valence-corrected chi connectivity index (χ3v) is 2.73. The van der Waals surface area contributed by atoms with Gasteiger partial charge in [0.25, 0.3) is 5.76 Å². The molecular formula is C9H11O7P. The molecule has 7 nitrogen and oxygen atoms in total. The van der Waals surface area contributed by atoms with Crippen LogP contribution in [0.25, 0.3) is 0 Å². The van der Waals surface area contributed by atoms with Crippen LogP contribution in [0.2, 0.25) is 0 Å². The van der Waals surface area contributed by atoms with Crippen molar-refractivity contribution in [2.24, 2.45) is 0 Å². The van der Waals surface area contributed by atoms with Gasteiger partial charge >= 0.3 is 13.6 Å². The minimum absolute atomic E-state index is 0.129. The van der Waals surface area contributed by atoms with Gasteiger partial charge in [-0.25, -0.2) is 9.36 Å². The quantitative estimate of drug-likeness (QED) is 0.467. The molecular weight excluding hydrogens is 251 g/mol. The van der Waals surface area contributed by atoms with E-state index in [0.717, 1.165) is 6.26 Å². The fourth-order valence-electron chi connectivity index (χ4n) is 1.000. The fourth-order valence-corrected chi connectivity index (χ4v) is 1.71. The van der Waals surface area contributed by atoms with Gasteiger partial charge in [0.15, 0.2) is 5.75 Å². The fraction of sp³-hybridized carbons (Fsp3) is 0.333. The summed E-state index contributed by atoms with van der Waals surface area (Å²) in [6.07, 6.45) is 0.702. The van der Waals surface area contributed by atoms with Gasteiger partial charge in [-0.3, -0.25) is 0 Å². The molecule has 17 heavy (non-hydrogen) atoms. The number of furan rings is 1. The first kappa shape index (κ1) is 13.5. The lowest BCUT2D eigenvalue weighted by atomic mass is 10.4. The summed E-state index contributed by atoms with van der Waals surface area (Å²) >= 11 is 0. The molecule has 0 spiro atoms. The van der Waals surface area contributed by atoms with Gasteiger partial charge in [0, 0.05) is 6.07 Å². The minimum atomic E-state index is -4.10. The molecule has 1 unspecified atom stereocenters. The maximum absolute atomic E-state index is 11.3. The number of carbonyl (C=O) groups excluding carboxylic acids is 2. The van der Waals surface area contributed by atoms with E-state index in [0.29, 0.717) is 0 Å². The van der Waals surface area contributed by atoms with E-state index in [-0.39, 0.29) is 24.4 Å². The largest absolute Gasteiger partial charge is 0.460 e. The van der Waals surface area contributed by atoms with Crippen LogP contribution >= 0.6 is 7.60 Å². The average Bonchev–Trinajstić information content (AvgIpc) is 2.65. The molecule has 0 saturated carbocycles. The van der Waals surface area contributed by atoms with Crippen LogP contribution in [0.1, 0.15) is 17.5 Å². The van der Waals surface area contributed by atoms with Gasteiger partial charge in [0.1, 0.15) is 12.4 Å². The van der Waals surface area contributed by atoms with Crippen LogP contribution in [0, 0.1) is 0 Å². The highest BCUT2D eigenvalue weighted by Crippen LogP contribution is 2.43. The van der Waals surface area contributed by atoms with Crippen molar-refractivity contribution < 1.29 is 32.7 Å². The predicted molar refractivity (Wildman–Crippen MR) is 56.0 cm³/mol. The lowest BCUT2D eigenvalue weighted by Gasteiger charge is -2.09. The van der Waals surface area contributed by atoms with Crippen molar-refractivity contribution in [3.63, 3.8) is 0 Å². The highest BCUT2D eigenvalue weighted by Gasteiger charge is 2.26. The molecule has 0 fully saturated rings. The monoisotopic (exact) mass is 262 g/mol. The molecule has 0 saturated heterocycles. The summed E-state index contributed by atoms with van der Waals surface area (Å²) in [6.45, 7) is 1.73. The lowest BCUT2D eigenvalue weighted by Crippen LogP contribution is -2.06. The van der Waals surface area contributed by atoms with Crippen molar-refractivity contribution in [3.8, 4) is 5.75 Å². The summed E-state index contributed by atoms with van der Waals surface area (Å²) in [5.74, 6) is -1.35. The van der Waals surface area contributed by atoms with Crippen LogP contribution < -0.4 is 4.52 Å². The van der Waals surface area contributed by atoms with E-state index in [4.69, 9.17) is 4.42 Å². The molecule has 0 aliphatic heterocycles. The summed E-state index contributed by atoms with van der Waals surface area (Å²) in [6, 6.07) is 1.19. The number of ether oxygens (including phenoxy) is 1. The molecule has 94 valence electrons. The number of rotatable bonds is 6. The van der Waals surface area contributed by atoms with Crippen LogP contribution in [0.5, 0.6) is 5.75 Å². The van der Waals surface area contributed by atoms with Gasteiger partial charge in [-0.1, -0.05) is 0 Å². The van der Waals surface area contributed by atoms with Gasteiger partial charge in [0.05, 0.1) is 12.9 Å². The third kappa shape index (κ3) is 3.72. The van der Waals surface area contributed by atoms with Gasteiger partial charge in [-0.05, 0) is 6.92 Å². The summed E-state index contributed by atoms with van der Waals surface area (Å²) in [7, 11) is -4.10. The molecule has 1 rings (SSSR count). The molecule has 1 heterocycles. The van der Waals surface area contributed by atoms with E-state index >= 15 is 0 Å². The molecule has 0 radical (unpaired) electrons. The van der Waals surface area contributed by atoms with Crippen molar-refractivity contribution in [3.05, 3.63) is 18.1 Å². The van der Waals surface area contributed by atoms with Crippen molar-refractivity contribution in [1.29, 1.82) is 0 Å². The molecule has 1 aromatic rings. The van der Waals surface area contributed by atoms with Crippen LogP contribution in [0.4, 0.5) is 0 Å². The minimum Gasteiger partial charge on any atom is -0.460 e. The van der Waals surface area contributed by atoms with Gasteiger partial charge < -0.3 is 23.4 Å². The molecule has 0 amide bonds. The van der Waals surface area contributed by atoms with Crippen molar-refractivity contribution in [2.45, 2.75) is 6.92 Å². The van der Waals surface area contributed by atoms with E-state index in [9.17, 15) is 19.0 Å². The summed E-state index contributed by atoms with van der Waals surface area (Å²) < 4.78 is 25.4. The van der Waals surface area contributed by atoms with Crippen molar-refractivity contribution >= 4 is 19.9 Å². The Kier molecular flexibility index (Phi) is 4.48. The van der Waals surface area contributed by atoms with Gasteiger partial charge in [-0.15, -0.1) is 0 Å². The molecule has 8 heteroatoms. The maximum atomic E-state index is 11.3. The molecule has 0 bridgehead atoms. The van der Waals surface area contributed by atoms with Crippen LogP contribution in [-0.4, -0.2) is 29.9 Å². The second kappa shape index (κ2) is 5.65.